The van der Waals surface area contributed by atoms with Gasteiger partial charge in [-0.15, -0.1) is 0 Å². The quantitative estimate of drug-likeness (QED) is 0.381. The Morgan fingerprint density at radius 2 is 2.26 bits per heavy atom. The van der Waals surface area contributed by atoms with Gasteiger partial charge in [-0.3, -0.25) is 9.59 Å². The molecule has 6 nitrogen and oxygen atoms in total. The standard InChI is InChI=1S/C17H25NO5/c1-3-4-10-22-16(20)13-12-6-7-17(23-12)11-18(8-5-9-21-2)15(19)14(13)17/h6-7,12-14H,3-5,8-11H2,1-2H3/t12-,13+,14-,17+/m1/s1. The van der Waals surface area contributed by atoms with E-state index in [2.05, 4.69) is 0 Å². The Morgan fingerprint density at radius 1 is 1.43 bits per heavy atom. The summed E-state index contributed by atoms with van der Waals surface area (Å²) in [6.45, 7) is 4.22. The second-order valence-electron chi connectivity index (χ2n) is 6.53. The summed E-state index contributed by atoms with van der Waals surface area (Å²) in [6, 6.07) is 0. The monoisotopic (exact) mass is 323 g/mol. The van der Waals surface area contributed by atoms with Gasteiger partial charge in [0.15, 0.2) is 0 Å². The maximum Gasteiger partial charge on any atom is 0.312 e. The van der Waals surface area contributed by atoms with Crippen molar-refractivity contribution in [2.75, 3.05) is 33.4 Å². The molecule has 128 valence electrons. The highest BCUT2D eigenvalue weighted by molar-refractivity contribution is 5.91. The molecule has 2 bridgehead atoms. The number of ether oxygens (including phenoxy) is 3. The molecule has 2 fully saturated rings. The maximum atomic E-state index is 12.8. The number of nitrogens with zero attached hydrogens (tertiary/aromatic N) is 1. The van der Waals surface area contributed by atoms with Crippen LogP contribution in [0.2, 0.25) is 0 Å². The topological polar surface area (TPSA) is 65.1 Å². The van der Waals surface area contributed by atoms with Gasteiger partial charge in [0.25, 0.3) is 0 Å². The number of hydrogen-bond acceptors (Lipinski definition) is 5. The van der Waals surface area contributed by atoms with Crippen molar-refractivity contribution in [3.63, 3.8) is 0 Å². The second kappa shape index (κ2) is 6.61. The number of likely N-dealkylation sites (tertiary alicyclic amines) is 1. The van der Waals surface area contributed by atoms with Gasteiger partial charge in [0, 0.05) is 20.3 Å². The third kappa shape index (κ3) is 2.78. The van der Waals surface area contributed by atoms with E-state index in [0.29, 0.717) is 26.3 Å². The molecule has 2 saturated heterocycles. The van der Waals surface area contributed by atoms with Gasteiger partial charge < -0.3 is 19.1 Å². The number of carbonyl (C=O) groups excluding carboxylic acids is 2. The lowest BCUT2D eigenvalue weighted by Gasteiger charge is -2.22. The van der Waals surface area contributed by atoms with Crippen molar-refractivity contribution in [2.45, 2.75) is 37.9 Å². The van der Waals surface area contributed by atoms with Gasteiger partial charge in [-0.2, -0.15) is 0 Å². The fraction of sp³-hybridized carbons (Fsp3) is 0.765. The average molecular weight is 323 g/mol. The van der Waals surface area contributed by atoms with Crippen LogP contribution >= 0.6 is 0 Å². The average Bonchev–Trinajstić information content (AvgIpc) is 3.16. The highest BCUT2D eigenvalue weighted by Crippen LogP contribution is 2.52. The molecule has 0 aliphatic carbocycles. The number of fused-ring (bicyclic) bond motifs is 1. The van der Waals surface area contributed by atoms with Crippen molar-refractivity contribution < 1.29 is 23.8 Å². The number of hydrogen-bond donors (Lipinski definition) is 0. The molecular formula is C17H25NO5. The summed E-state index contributed by atoms with van der Waals surface area (Å²) in [7, 11) is 1.65. The van der Waals surface area contributed by atoms with Gasteiger partial charge in [-0.25, -0.2) is 0 Å². The molecule has 3 aliphatic rings. The van der Waals surface area contributed by atoms with Crippen molar-refractivity contribution in [1.82, 2.24) is 4.90 Å². The SMILES string of the molecule is CCCCOC(=O)[C@H]1[C@H]2C=C[C@@]3(CN(CCCOC)C(=O)[C@@H]13)O2. The fourth-order valence-corrected chi connectivity index (χ4v) is 3.85. The van der Waals surface area contributed by atoms with E-state index in [1.807, 2.05) is 19.1 Å². The predicted octanol–water partition coefficient (Wildman–Crippen LogP) is 1.15. The van der Waals surface area contributed by atoms with Crippen LogP contribution in [0.15, 0.2) is 12.2 Å². The Labute approximate surface area is 136 Å². The summed E-state index contributed by atoms with van der Waals surface area (Å²) in [4.78, 5) is 27.0. The molecule has 0 aromatic carbocycles. The first-order chi connectivity index (χ1) is 11.1. The molecule has 6 heteroatoms. The van der Waals surface area contributed by atoms with Gasteiger partial charge in [0.2, 0.25) is 5.91 Å². The molecule has 3 rings (SSSR count). The van der Waals surface area contributed by atoms with Crippen LogP contribution in [0.25, 0.3) is 0 Å². The number of unbranched alkanes of at least 4 members (excludes halogenated alkanes) is 1. The molecule has 3 heterocycles. The second-order valence-corrected chi connectivity index (χ2v) is 6.53. The van der Waals surface area contributed by atoms with Crippen LogP contribution in [0.1, 0.15) is 26.2 Å². The van der Waals surface area contributed by atoms with E-state index >= 15 is 0 Å². The summed E-state index contributed by atoms with van der Waals surface area (Å²) >= 11 is 0. The molecule has 23 heavy (non-hydrogen) atoms. The lowest BCUT2D eigenvalue weighted by Crippen LogP contribution is -2.40. The summed E-state index contributed by atoms with van der Waals surface area (Å²) in [5.41, 5.74) is -0.636. The first-order valence-corrected chi connectivity index (χ1v) is 8.44. The molecule has 0 aromatic rings. The van der Waals surface area contributed by atoms with E-state index in [1.54, 1.807) is 12.0 Å². The van der Waals surface area contributed by atoms with Crippen LogP contribution in [-0.2, 0) is 23.8 Å². The minimum absolute atomic E-state index is 0.00499. The Balaban J connectivity index is 1.69. The molecule has 0 radical (unpaired) electrons. The van der Waals surface area contributed by atoms with Crippen molar-refractivity contribution in [2.24, 2.45) is 11.8 Å². The molecule has 0 aromatic heterocycles. The predicted molar refractivity (Wildman–Crippen MR) is 82.7 cm³/mol. The Kier molecular flexibility index (Phi) is 4.73. The number of rotatable bonds is 8. The molecule has 0 saturated carbocycles. The number of methoxy groups -OCH3 is 1. The zero-order valence-electron chi connectivity index (χ0n) is 13.8. The molecule has 0 N–H and O–H groups in total. The van der Waals surface area contributed by atoms with Gasteiger partial charge in [-0.1, -0.05) is 25.5 Å². The normalized spacial score (nSPS) is 34.3. The zero-order valence-corrected chi connectivity index (χ0v) is 13.8. The minimum Gasteiger partial charge on any atom is -0.465 e. The summed E-state index contributed by atoms with van der Waals surface area (Å²) < 4.78 is 16.4. The summed E-state index contributed by atoms with van der Waals surface area (Å²) in [5.74, 6) is -1.23. The van der Waals surface area contributed by atoms with Gasteiger partial charge in [0.1, 0.15) is 11.5 Å². The number of amides is 1. The largest absolute Gasteiger partial charge is 0.465 e. The van der Waals surface area contributed by atoms with Crippen LogP contribution in [0.3, 0.4) is 0 Å². The van der Waals surface area contributed by atoms with Crippen LogP contribution in [-0.4, -0.2) is 61.9 Å². The molecular weight excluding hydrogens is 298 g/mol. The van der Waals surface area contributed by atoms with Crippen LogP contribution < -0.4 is 0 Å². The zero-order chi connectivity index (χ0) is 16.4. The van der Waals surface area contributed by atoms with Crippen LogP contribution in [0.4, 0.5) is 0 Å². The summed E-state index contributed by atoms with van der Waals surface area (Å²) in [5, 5.41) is 0. The molecule has 1 amide bonds. The van der Waals surface area contributed by atoms with E-state index in [9.17, 15) is 9.59 Å². The van der Waals surface area contributed by atoms with E-state index in [-0.39, 0.29) is 18.0 Å². The first kappa shape index (κ1) is 16.5. The third-order valence-electron chi connectivity index (χ3n) is 4.97. The Morgan fingerprint density at radius 3 is 3.00 bits per heavy atom. The Bertz CT molecular complexity index is 505. The fourth-order valence-electron chi connectivity index (χ4n) is 3.85. The minimum atomic E-state index is -0.636. The smallest absolute Gasteiger partial charge is 0.312 e. The van der Waals surface area contributed by atoms with E-state index in [4.69, 9.17) is 14.2 Å². The number of esters is 1. The van der Waals surface area contributed by atoms with Gasteiger partial charge >= 0.3 is 5.97 Å². The van der Waals surface area contributed by atoms with E-state index in [0.717, 1.165) is 19.3 Å². The van der Waals surface area contributed by atoms with Gasteiger partial charge in [0.05, 0.1) is 25.2 Å². The number of carbonyl (C=O) groups is 2. The molecule has 3 aliphatic heterocycles. The first-order valence-electron chi connectivity index (χ1n) is 8.44. The lowest BCUT2D eigenvalue weighted by molar-refractivity contribution is -0.153. The van der Waals surface area contributed by atoms with Crippen molar-refractivity contribution in [3.05, 3.63) is 12.2 Å². The van der Waals surface area contributed by atoms with Crippen molar-refractivity contribution in [1.29, 1.82) is 0 Å². The van der Waals surface area contributed by atoms with Crippen molar-refractivity contribution >= 4 is 11.9 Å². The van der Waals surface area contributed by atoms with E-state index < -0.39 is 17.4 Å². The molecule has 1 spiro atoms. The maximum absolute atomic E-state index is 12.8. The van der Waals surface area contributed by atoms with Crippen molar-refractivity contribution in [3.8, 4) is 0 Å². The summed E-state index contributed by atoms with van der Waals surface area (Å²) in [6.07, 6.45) is 6.15. The van der Waals surface area contributed by atoms with Crippen LogP contribution in [0.5, 0.6) is 0 Å². The molecule has 4 atom stereocenters. The highest BCUT2D eigenvalue weighted by Gasteiger charge is 2.67. The van der Waals surface area contributed by atoms with Gasteiger partial charge in [-0.05, 0) is 12.8 Å². The molecule has 0 unspecified atom stereocenters. The lowest BCUT2D eigenvalue weighted by atomic mass is 9.77. The Hall–Kier alpha value is -1.40. The third-order valence-corrected chi connectivity index (χ3v) is 4.97. The van der Waals surface area contributed by atoms with E-state index in [1.165, 1.54) is 0 Å². The highest BCUT2D eigenvalue weighted by atomic mass is 16.6. The van der Waals surface area contributed by atoms with Crippen LogP contribution in [0, 0.1) is 11.8 Å².